The molecule has 1 atom stereocenters. The molecule has 0 amide bonds. The van der Waals surface area contributed by atoms with Gasteiger partial charge in [0.1, 0.15) is 23.9 Å². The van der Waals surface area contributed by atoms with Crippen molar-refractivity contribution in [3.05, 3.63) is 83.2 Å². The maximum atomic E-state index is 14.8. The van der Waals surface area contributed by atoms with E-state index in [1.807, 2.05) is 36.4 Å². The SMILES string of the molecule is COc1ccc(F)c(-c2ccc(COc3cccc([C@H](CC(=O)O)CC4CC4)c3)cc2CC(C)(C)C)c1. The standard InChI is InChI=1S/C32H37FO4/c1-32(2,3)19-25-15-22(10-12-28(25)29-18-26(36-4)11-13-30(29)33)20-37-27-7-5-6-23(16-27)24(17-31(34)35)14-21-8-9-21/h5-7,10-13,15-16,18,21,24H,8-9,14,17,19-20H2,1-4H3,(H,34,35)/t24-/m0/s1. The summed E-state index contributed by atoms with van der Waals surface area (Å²) in [5, 5.41) is 9.40. The number of hydrogen-bond donors (Lipinski definition) is 1. The minimum absolute atomic E-state index is 0.00369. The smallest absolute Gasteiger partial charge is 0.303 e. The maximum absolute atomic E-state index is 14.8. The van der Waals surface area contributed by atoms with Crippen molar-refractivity contribution in [2.75, 3.05) is 7.11 Å². The molecule has 0 aliphatic heterocycles. The summed E-state index contributed by atoms with van der Waals surface area (Å²) in [4.78, 5) is 11.4. The van der Waals surface area contributed by atoms with E-state index in [4.69, 9.17) is 9.47 Å². The molecule has 5 heteroatoms. The van der Waals surface area contributed by atoms with Gasteiger partial charge in [0.2, 0.25) is 0 Å². The first-order valence-corrected chi connectivity index (χ1v) is 13.0. The molecule has 1 saturated carbocycles. The predicted molar refractivity (Wildman–Crippen MR) is 145 cm³/mol. The number of aliphatic carboxylic acids is 1. The number of halogens is 1. The second-order valence-electron chi connectivity index (χ2n) is 11.4. The molecule has 0 spiro atoms. The zero-order valence-electron chi connectivity index (χ0n) is 22.2. The second kappa shape index (κ2) is 11.4. The van der Waals surface area contributed by atoms with E-state index in [9.17, 15) is 14.3 Å². The van der Waals surface area contributed by atoms with Crippen molar-refractivity contribution >= 4 is 5.97 Å². The van der Waals surface area contributed by atoms with Gasteiger partial charge in [0.05, 0.1) is 13.5 Å². The lowest BCUT2D eigenvalue weighted by atomic mass is 9.84. The fourth-order valence-corrected chi connectivity index (χ4v) is 4.88. The highest BCUT2D eigenvalue weighted by Gasteiger charge is 2.28. The highest BCUT2D eigenvalue weighted by atomic mass is 19.1. The van der Waals surface area contributed by atoms with Crippen molar-refractivity contribution in [2.45, 2.75) is 65.4 Å². The van der Waals surface area contributed by atoms with Gasteiger partial charge in [0.15, 0.2) is 0 Å². The Morgan fingerprint density at radius 1 is 1.03 bits per heavy atom. The molecular weight excluding hydrogens is 467 g/mol. The Labute approximate surface area is 219 Å². The summed E-state index contributed by atoms with van der Waals surface area (Å²) in [5.74, 6) is 0.944. The summed E-state index contributed by atoms with van der Waals surface area (Å²) in [6.45, 7) is 6.88. The Morgan fingerprint density at radius 3 is 2.49 bits per heavy atom. The van der Waals surface area contributed by atoms with Gasteiger partial charge < -0.3 is 14.6 Å². The number of methoxy groups -OCH3 is 1. The Hall–Kier alpha value is -3.34. The van der Waals surface area contributed by atoms with Crippen molar-refractivity contribution in [3.63, 3.8) is 0 Å². The first-order valence-electron chi connectivity index (χ1n) is 13.0. The Bertz CT molecular complexity index is 1240. The fraction of sp³-hybridized carbons (Fsp3) is 0.406. The molecule has 1 fully saturated rings. The molecule has 0 heterocycles. The number of carboxylic acid groups (broad SMARTS) is 1. The van der Waals surface area contributed by atoms with Crippen LogP contribution in [-0.2, 0) is 17.8 Å². The van der Waals surface area contributed by atoms with E-state index in [1.165, 1.54) is 18.9 Å². The minimum Gasteiger partial charge on any atom is -0.497 e. The topological polar surface area (TPSA) is 55.8 Å². The van der Waals surface area contributed by atoms with E-state index in [1.54, 1.807) is 19.2 Å². The maximum Gasteiger partial charge on any atom is 0.303 e. The monoisotopic (exact) mass is 504 g/mol. The third-order valence-electron chi connectivity index (χ3n) is 6.82. The second-order valence-corrected chi connectivity index (χ2v) is 11.4. The zero-order chi connectivity index (χ0) is 26.6. The van der Waals surface area contributed by atoms with Gasteiger partial charge in [0.25, 0.3) is 0 Å². The summed E-state index contributed by atoms with van der Waals surface area (Å²) in [6.07, 6.45) is 4.21. The van der Waals surface area contributed by atoms with Gasteiger partial charge in [-0.3, -0.25) is 4.79 Å². The molecule has 37 heavy (non-hydrogen) atoms. The van der Waals surface area contributed by atoms with E-state index in [-0.39, 0.29) is 23.6 Å². The molecule has 0 unspecified atom stereocenters. The molecule has 0 saturated heterocycles. The average Bonchev–Trinajstić information content (AvgIpc) is 3.66. The van der Waals surface area contributed by atoms with Crippen LogP contribution in [0.4, 0.5) is 4.39 Å². The van der Waals surface area contributed by atoms with Crippen LogP contribution in [0.1, 0.15) is 69.1 Å². The highest BCUT2D eigenvalue weighted by Crippen LogP contribution is 2.40. The van der Waals surface area contributed by atoms with Crippen LogP contribution in [0.25, 0.3) is 11.1 Å². The fourth-order valence-electron chi connectivity index (χ4n) is 4.88. The van der Waals surface area contributed by atoms with Crippen LogP contribution >= 0.6 is 0 Å². The van der Waals surface area contributed by atoms with Gasteiger partial charge in [-0.15, -0.1) is 0 Å². The lowest BCUT2D eigenvalue weighted by Gasteiger charge is -2.22. The molecule has 4 rings (SSSR count). The van der Waals surface area contributed by atoms with Crippen molar-refractivity contribution < 1.29 is 23.8 Å². The number of carboxylic acids is 1. The van der Waals surface area contributed by atoms with E-state index in [2.05, 4.69) is 26.8 Å². The first kappa shape index (κ1) is 26.7. The first-order chi connectivity index (χ1) is 17.6. The van der Waals surface area contributed by atoms with Crippen molar-refractivity contribution in [1.82, 2.24) is 0 Å². The van der Waals surface area contributed by atoms with Crippen LogP contribution < -0.4 is 9.47 Å². The summed E-state index contributed by atoms with van der Waals surface area (Å²) < 4.78 is 26.3. The number of rotatable bonds is 11. The quantitative estimate of drug-likeness (QED) is 0.287. The largest absolute Gasteiger partial charge is 0.497 e. The number of carbonyl (C=O) groups is 1. The molecule has 1 N–H and O–H groups in total. The van der Waals surface area contributed by atoms with Crippen LogP contribution in [0.2, 0.25) is 0 Å². The summed E-state index contributed by atoms with van der Waals surface area (Å²) >= 11 is 0. The van der Waals surface area contributed by atoms with E-state index < -0.39 is 5.97 Å². The van der Waals surface area contributed by atoms with Crippen LogP contribution in [-0.4, -0.2) is 18.2 Å². The normalized spacial score (nSPS) is 14.3. The Morgan fingerprint density at radius 2 is 1.81 bits per heavy atom. The van der Waals surface area contributed by atoms with E-state index in [0.717, 1.165) is 40.8 Å². The number of benzene rings is 3. The van der Waals surface area contributed by atoms with Crippen LogP contribution in [0.5, 0.6) is 11.5 Å². The molecule has 196 valence electrons. The van der Waals surface area contributed by atoms with Crippen LogP contribution in [0.15, 0.2) is 60.7 Å². The van der Waals surface area contributed by atoms with Crippen molar-refractivity contribution in [3.8, 4) is 22.6 Å². The number of ether oxygens (including phenoxy) is 2. The summed E-state index contributed by atoms with van der Waals surface area (Å²) in [5.41, 5.74) is 4.47. The van der Waals surface area contributed by atoms with Crippen LogP contribution in [0.3, 0.4) is 0 Å². The van der Waals surface area contributed by atoms with E-state index >= 15 is 0 Å². The molecule has 3 aromatic rings. The van der Waals surface area contributed by atoms with Gasteiger partial charge in [-0.05, 0) is 82.7 Å². The minimum atomic E-state index is -0.768. The van der Waals surface area contributed by atoms with Crippen molar-refractivity contribution in [2.24, 2.45) is 11.3 Å². The molecular formula is C32H37FO4. The summed E-state index contributed by atoms with van der Waals surface area (Å²) in [6, 6.07) is 18.7. The number of hydrogen-bond acceptors (Lipinski definition) is 3. The summed E-state index contributed by atoms with van der Waals surface area (Å²) in [7, 11) is 1.58. The molecule has 0 aromatic heterocycles. The van der Waals surface area contributed by atoms with Gasteiger partial charge in [0, 0.05) is 5.56 Å². The molecule has 1 aliphatic rings. The molecule has 3 aromatic carbocycles. The lowest BCUT2D eigenvalue weighted by molar-refractivity contribution is -0.137. The molecule has 4 nitrogen and oxygen atoms in total. The highest BCUT2D eigenvalue weighted by molar-refractivity contribution is 5.70. The van der Waals surface area contributed by atoms with E-state index in [0.29, 0.717) is 23.8 Å². The molecule has 0 radical (unpaired) electrons. The third kappa shape index (κ3) is 7.58. The predicted octanol–water partition coefficient (Wildman–Crippen LogP) is 8.03. The van der Waals surface area contributed by atoms with Crippen molar-refractivity contribution in [1.29, 1.82) is 0 Å². The molecule has 0 bridgehead atoms. The van der Waals surface area contributed by atoms with Gasteiger partial charge >= 0.3 is 5.97 Å². The van der Waals surface area contributed by atoms with Crippen LogP contribution in [0, 0.1) is 17.2 Å². The molecule has 1 aliphatic carbocycles. The van der Waals surface area contributed by atoms with Gasteiger partial charge in [-0.2, -0.15) is 0 Å². The zero-order valence-corrected chi connectivity index (χ0v) is 22.2. The van der Waals surface area contributed by atoms with Gasteiger partial charge in [-0.25, -0.2) is 4.39 Å². The Balaban J connectivity index is 1.56. The lowest BCUT2D eigenvalue weighted by Crippen LogP contribution is -2.11. The van der Waals surface area contributed by atoms with Gasteiger partial charge in [-0.1, -0.05) is 63.9 Å². The average molecular weight is 505 g/mol. The third-order valence-corrected chi connectivity index (χ3v) is 6.82. The Kier molecular flexibility index (Phi) is 8.21.